The summed E-state index contributed by atoms with van der Waals surface area (Å²) in [6.07, 6.45) is 3.02. The van der Waals surface area contributed by atoms with Gasteiger partial charge in [0.05, 0.1) is 0 Å². The first-order chi connectivity index (χ1) is 8.63. The Morgan fingerprint density at radius 2 is 2.22 bits per heavy atom. The predicted octanol–water partition coefficient (Wildman–Crippen LogP) is 1.65. The van der Waals surface area contributed by atoms with E-state index in [1.807, 2.05) is 11.8 Å². The number of methoxy groups -OCH3 is 1. The van der Waals surface area contributed by atoms with Gasteiger partial charge in [-0.3, -0.25) is 4.79 Å². The molecule has 1 rings (SSSR count). The van der Waals surface area contributed by atoms with Gasteiger partial charge in [-0.2, -0.15) is 0 Å². The number of hydrogen-bond donors (Lipinski definition) is 1. The summed E-state index contributed by atoms with van der Waals surface area (Å²) in [7, 11) is 1.59. The average molecular weight is 256 g/mol. The molecule has 1 amide bonds. The van der Waals surface area contributed by atoms with Crippen molar-refractivity contribution in [3.63, 3.8) is 0 Å². The maximum Gasteiger partial charge on any atom is 0.251 e. The second-order valence-corrected chi connectivity index (χ2v) is 5.18. The molecule has 1 aliphatic heterocycles. The van der Waals surface area contributed by atoms with E-state index in [9.17, 15) is 4.79 Å². The molecular weight excluding hydrogens is 228 g/mol. The van der Waals surface area contributed by atoms with Gasteiger partial charge in [0, 0.05) is 26.2 Å². The number of nitrogens with zero attached hydrogens (tertiary/aromatic N) is 1. The van der Waals surface area contributed by atoms with Gasteiger partial charge in [0.15, 0.2) is 0 Å². The third-order valence-corrected chi connectivity index (χ3v) is 3.93. The molecule has 18 heavy (non-hydrogen) atoms. The number of ether oxygens (including phenoxy) is 1. The van der Waals surface area contributed by atoms with Crippen LogP contribution in [0.25, 0.3) is 0 Å². The van der Waals surface area contributed by atoms with Crippen LogP contribution >= 0.6 is 0 Å². The Bertz CT molecular complexity index is 258. The van der Waals surface area contributed by atoms with Crippen LogP contribution in [0.5, 0.6) is 0 Å². The monoisotopic (exact) mass is 256 g/mol. The van der Waals surface area contributed by atoms with Crippen molar-refractivity contribution in [3.8, 4) is 0 Å². The molecule has 1 heterocycles. The lowest BCUT2D eigenvalue weighted by atomic mass is 9.89. The Labute approximate surface area is 111 Å². The molecule has 4 nitrogen and oxygen atoms in total. The Morgan fingerprint density at radius 1 is 1.50 bits per heavy atom. The van der Waals surface area contributed by atoms with Gasteiger partial charge in [-0.05, 0) is 32.2 Å². The first kappa shape index (κ1) is 15.4. The number of hydrogen-bond acceptors (Lipinski definition) is 3. The molecule has 0 aromatic rings. The summed E-state index contributed by atoms with van der Waals surface area (Å²) >= 11 is 0. The van der Waals surface area contributed by atoms with Gasteiger partial charge in [-0.25, -0.2) is 0 Å². The van der Waals surface area contributed by atoms with E-state index in [4.69, 9.17) is 4.74 Å². The molecule has 0 radical (unpaired) electrons. The number of amides is 1. The number of rotatable bonds is 6. The number of piperidine rings is 1. The van der Waals surface area contributed by atoms with Crippen molar-refractivity contribution in [2.45, 2.75) is 52.2 Å². The van der Waals surface area contributed by atoms with Crippen LogP contribution in [0.2, 0.25) is 0 Å². The first-order valence-corrected chi connectivity index (χ1v) is 7.18. The topological polar surface area (TPSA) is 41.6 Å². The molecular formula is C14H28N2O2. The zero-order valence-corrected chi connectivity index (χ0v) is 12.2. The second-order valence-electron chi connectivity index (χ2n) is 5.18. The lowest BCUT2D eigenvalue weighted by Crippen LogP contribution is -2.53. The Kier molecular flexibility index (Phi) is 6.65. The summed E-state index contributed by atoms with van der Waals surface area (Å²) in [5, 5.41) is 3.61. The Hall–Kier alpha value is -0.610. The molecule has 1 N–H and O–H groups in total. The highest BCUT2D eigenvalue weighted by molar-refractivity contribution is 5.80. The van der Waals surface area contributed by atoms with Crippen LogP contribution in [0.4, 0.5) is 0 Å². The summed E-state index contributed by atoms with van der Waals surface area (Å²) in [6, 6.07) is 0.567. The van der Waals surface area contributed by atoms with Crippen LogP contribution in [-0.2, 0) is 9.53 Å². The lowest BCUT2D eigenvalue weighted by molar-refractivity contribution is -0.143. The highest BCUT2D eigenvalue weighted by Gasteiger charge is 2.31. The molecule has 3 unspecified atom stereocenters. The molecule has 1 saturated heterocycles. The molecule has 1 aliphatic rings. The highest BCUT2D eigenvalue weighted by Crippen LogP contribution is 2.21. The van der Waals surface area contributed by atoms with Gasteiger partial charge in [-0.1, -0.05) is 20.3 Å². The quantitative estimate of drug-likeness (QED) is 0.785. The predicted molar refractivity (Wildman–Crippen MR) is 73.5 cm³/mol. The number of likely N-dealkylation sites (tertiary alicyclic amines) is 1. The number of nitrogens with one attached hydrogen (secondary N) is 1. The van der Waals surface area contributed by atoms with E-state index in [2.05, 4.69) is 19.2 Å². The smallest absolute Gasteiger partial charge is 0.251 e. The van der Waals surface area contributed by atoms with Crippen LogP contribution in [0.15, 0.2) is 0 Å². The van der Waals surface area contributed by atoms with E-state index in [1.54, 1.807) is 7.11 Å². The van der Waals surface area contributed by atoms with E-state index in [-0.39, 0.29) is 12.0 Å². The molecule has 4 heteroatoms. The normalized spacial score (nSPS) is 26.1. The van der Waals surface area contributed by atoms with Gasteiger partial charge in [0.25, 0.3) is 5.91 Å². The van der Waals surface area contributed by atoms with E-state index >= 15 is 0 Å². The number of carbonyl (C=O) groups excluding carboxylic acids is 1. The van der Waals surface area contributed by atoms with Crippen molar-refractivity contribution in [3.05, 3.63) is 0 Å². The summed E-state index contributed by atoms with van der Waals surface area (Å²) < 4.78 is 5.12. The highest BCUT2D eigenvalue weighted by atomic mass is 16.5. The van der Waals surface area contributed by atoms with Crippen molar-refractivity contribution in [2.24, 2.45) is 5.92 Å². The van der Waals surface area contributed by atoms with Crippen molar-refractivity contribution < 1.29 is 9.53 Å². The van der Waals surface area contributed by atoms with Crippen molar-refractivity contribution in [1.82, 2.24) is 10.2 Å². The van der Waals surface area contributed by atoms with Crippen LogP contribution in [0, 0.1) is 5.92 Å². The van der Waals surface area contributed by atoms with Crippen LogP contribution in [-0.4, -0.2) is 49.7 Å². The van der Waals surface area contributed by atoms with Crippen LogP contribution in [0.3, 0.4) is 0 Å². The second kappa shape index (κ2) is 7.74. The summed E-state index contributed by atoms with van der Waals surface area (Å²) in [5.41, 5.74) is 0. The van der Waals surface area contributed by atoms with Gasteiger partial charge >= 0.3 is 0 Å². The van der Waals surface area contributed by atoms with Gasteiger partial charge in [0.1, 0.15) is 6.10 Å². The van der Waals surface area contributed by atoms with Crippen molar-refractivity contribution in [1.29, 1.82) is 0 Å². The lowest BCUT2D eigenvalue weighted by Gasteiger charge is -2.39. The largest absolute Gasteiger partial charge is 0.372 e. The van der Waals surface area contributed by atoms with Gasteiger partial charge < -0.3 is 15.0 Å². The SMILES string of the molecule is CCCNC1CCN(C(=O)C(C)OC)CC1CC. The van der Waals surface area contributed by atoms with Crippen molar-refractivity contribution in [2.75, 3.05) is 26.7 Å². The summed E-state index contributed by atoms with van der Waals surface area (Å²) in [5.74, 6) is 0.697. The fraction of sp³-hybridized carbons (Fsp3) is 0.929. The minimum atomic E-state index is -0.317. The molecule has 0 aliphatic carbocycles. The van der Waals surface area contributed by atoms with Crippen molar-refractivity contribution >= 4 is 5.91 Å². The third kappa shape index (κ3) is 3.95. The fourth-order valence-electron chi connectivity index (χ4n) is 2.60. The fourth-order valence-corrected chi connectivity index (χ4v) is 2.60. The first-order valence-electron chi connectivity index (χ1n) is 7.18. The maximum atomic E-state index is 12.1. The van der Waals surface area contributed by atoms with Gasteiger partial charge in [0.2, 0.25) is 0 Å². The summed E-state index contributed by atoms with van der Waals surface area (Å²) in [4.78, 5) is 14.1. The average Bonchev–Trinajstić information content (AvgIpc) is 2.43. The Balaban J connectivity index is 2.52. The van der Waals surface area contributed by atoms with E-state index in [0.717, 1.165) is 38.9 Å². The van der Waals surface area contributed by atoms with E-state index in [0.29, 0.717) is 12.0 Å². The maximum absolute atomic E-state index is 12.1. The minimum Gasteiger partial charge on any atom is -0.372 e. The molecule has 3 atom stereocenters. The third-order valence-electron chi connectivity index (χ3n) is 3.93. The molecule has 0 saturated carbocycles. The standard InChI is InChI=1S/C14H28N2O2/c1-5-8-15-13-7-9-16(10-12(13)6-2)14(17)11(3)18-4/h11-13,15H,5-10H2,1-4H3. The molecule has 106 valence electrons. The summed E-state index contributed by atoms with van der Waals surface area (Å²) in [6.45, 7) is 9.01. The molecule has 0 aromatic carbocycles. The van der Waals surface area contributed by atoms with E-state index < -0.39 is 0 Å². The van der Waals surface area contributed by atoms with Gasteiger partial charge in [-0.15, -0.1) is 0 Å². The molecule has 0 spiro atoms. The zero-order chi connectivity index (χ0) is 13.5. The Morgan fingerprint density at radius 3 is 2.78 bits per heavy atom. The zero-order valence-electron chi connectivity index (χ0n) is 12.2. The number of carbonyl (C=O) groups is 1. The molecule has 1 fully saturated rings. The van der Waals surface area contributed by atoms with E-state index in [1.165, 1.54) is 0 Å². The molecule has 0 bridgehead atoms. The molecule has 0 aromatic heterocycles. The van der Waals surface area contributed by atoms with Crippen LogP contribution in [0.1, 0.15) is 40.0 Å². The minimum absolute atomic E-state index is 0.130. The van der Waals surface area contributed by atoms with Crippen LogP contribution < -0.4 is 5.32 Å².